The van der Waals surface area contributed by atoms with Crippen molar-refractivity contribution in [1.29, 1.82) is 0 Å². The molecular formula is C13H23NO2. The Bertz CT molecular complexity index is 323. The molecule has 1 aromatic rings. The number of furan rings is 1. The predicted molar refractivity (Wildman–Crippen MR) is 65.4 cm³/mol. The van der Waals surface area contributed by atoms with Gasteiger partial charge in [0.2, 0.25) is 0 Å². The molecule has 1 N–H and O–H groups in total. The van der Waals surface area contributed by atoms with Crippen molar-refractivity contribution in [2.24, 2.45) is 0 Å². The van der Waals surface area contributed by atoms with Gasteiger partial charge in [-0.3, -0.25) is 0 Å². The van der Waals surface area contributed by atoms with Gasteiger partial charge in [-0.2, -0.15) is 0 Å². The molecule has 0 aliphatic rings. The molecule has 1 heterocycles. The Labute approximate surface area is 98.2 Å². The fourth-order valence-electron chi connectivity index (χ4n) is 1.38. The van der Waals surface area contributed by atoms with Crippen molar-refractivity contribution in [1.82, 2.24) is 5.32 Å². The van der Waals surface area contributed by atoms with E-state index in [9.17, 15) is 0 Å². The molecule has 0 amide bonds. The first kappa shape index (κ1) is 13.3. The molecule has 0 aromatic carbocycles. The SMILES string of the molecule is CCOCc1cc(CNC(C)(C)C)oc1C. The lowest BCUT2D eigenvalue weighted by Gasteiger charge is -2.19. The van der Waals surface area contributed by atoms with Gasteiger partial charge in [-0.1, -0.05) is 0 Å². The van der Waals surface area contributed by atoms with Crippen molar-refractivity contribution in [2.45, 2.75) is 53.3 Å². The van der Waals surface area contributed by atoms with Crippen molar-refractivity contribution in [3.05, 3.63) is 23.2 Å². The Kier molecular flexibility index (Phi) is 4.56. The van der Waals surface area contributed by atoms with E-state index in [1.54, 1.807) is 0 Å². The number of aryl methyl sites for hydroxylation is 1. The average molecular weight is 225 g/mol. The van der Waals surface area contributed by atoms with Gasteiger partial charge >= 0.3 is 0 Å². The van der Waals surface area contributed by atoms with E-state index in [4.69, 9.17) is 9.15 Å². The lowest BCUT2D eigenvalue weighted by molar-refractivity contribution is 0.133. The molecular weight excluding hydrogens is 202 g/mol. The van der Waals surface area contributed by atoms with Gasteiger partial charge in [0, 0.05) is 17.7 Å². The highest BCUT2D eigenvalue weighted by atomic mass is 16.5. The maximum Gasteiger partial charge on any atom is 0.118 e. The summed E-state index contributed by atoms with van der Waals surface area (Å²) in [5.74, 6) is 1.93. The van der Waals surface area contributed by atoms with Crippen LogP contribution in [0.25, 0.3) is 0 Å². The fraction of sp³-hybridized carbons (Fsp3) is 0.692. The van der Waals surface area contributed by atoms with Crippen molar-refractivity contribution >= 4 is 0 Å². The van der Waals surface area contributed by atoms with Crippen LogP contribution < -0.4 is 5.32 Å². The molecule has 0 radical (unpaired) electrons. The maximum absolute atomic E-state index is 5.66. The average Bonchev–Trinajstić information content (AvgIpc) is 2.52. The lowest BCUT2D eigenvalue weighted by Crippen LogP contribution is -2.34. The van der Waals surface area contributed by atoms with Crippen LogP contribution in [-0.4, -0.2) is 12.1 Å². The molecule has 0 bridgehead atoms. The lowest BCUT2D eigenvalue weighted by atomic mass is 10.1. The molecule has 0 aliphatic heterocycles. The van der Waals surface area contributed by atoms with E-state index in [0.717, 1.165) is 30.2 Å². The smallest absolute Gasteiger partial charge is 0.118 e. The van der Waals surface area contributed by atoms with Crippen LogP contribution in [0.1, 0.15) is 44.8 Å². The number of ether oxygens (including phenoxy) is 1. The van der Waals surface area contributed by atoms with Crippen LogP contribution >= 0.6 is 0 Å². The first-order valence-electron chi connectivity index (χ1n) is 5.83. The molecule has 1 rings (SSSR count). The van der Waals surface area contributed by atoms with Crippen LogP contribution in [0.2, 0.25) is 0 Å². The number of rotatable bonds is 5. The summed E-state index contributed by atoms with van der Waals surface area (Å²) in [4.78, 5) is 0. The molecule has 0 fully saturated rings. The van der Waals surface area contributed by atoms with E-state index in [2.05, 4.69) is 32.2 Å². The van der Waals surface area contributed by atoms with Crippen LogP contribution in [0, 0.1) is 6.92 Å². The van der Waals surface area contributed by atoms with E-state index in [-0.39, 0.29) is 5.54 Å². The molecule has 0 saturated carbocycles. The minimum Gasteiger partial charge on any atom is -0.465 e. The first-order chi connectivity index (χ1) is 7.42. The van der Waals surface area contributed by atoms with E-state index in [1.807, 2.05) is 13.8 Å². The summed E-state index contributed by atoms with van der Waals surface area (Å²) in [5, 5.41) is 3.40. The summed E-state index contributed by atoms with van der Waals surface area (Å²) in [6.07, 6.45) is 0. The van der Waals surface area contributed by atoms with Crippen molar-refractivity contribution < 1.29 is 9.15 Å². The van der Waals surface area contributed by atoms with Gasteiger partial charge in [0.1, 0.15) is 11.5 Å². The molecule has 0 aliphatic carbocycles. The van der Waals surface area contributed by atoms with Crippen molar-refractivity contribution in [2.75, 3.05) is 6.61 Å². The molecule has 3 nitrogen and oxygen atoms in total. The number of nitrogens with one attached hydrogen (secondary N) is 1. The highest BCUT2D eigenvalue weighted by molar-refractivity contribution is 5.20. The zero-order valence-electron chi connectivity index (χ0n) is 11.0. The topological polar surface area (TPSA) is 34.4 Å². The first-order valence-corrected chi connectivity index (χ1v) is 5.83. The van der Waals surface area contributed by atoms with Crippen LogP contribution in [-0.2, 0) is 17.9 Å². The predicted octanol–water partition coefficient (Wildman–Crippen LogP) is 3.01. The summed E-state index contributed by atoms with van der Waals surface area (Å²) < 4.78 is 11.0. The molecule has 92 valence electrons. The monoisotopic (exact) mass is 225 g/mol. The zero-order chi connectivity index (χ0) is 12.2. The highest BCUT2D eigenvalue weighted by Crippen LogP contribution is 2.16. The number of hydrogen-bond donors (Lipinski definition) is 1. The van der Waals surface area contributed by atoms with Gasteiger partial charge in [0.15, 0.2) is 0 Å². The van der Waals surface area contributed by atoms with E-state index in [0.29, 0.717) is 6.61 Å². The zero-order valence-corrected chi connectivity index (χ0v) is 11.0. The normalized spacial score (nSPS) is 12.1. The Morgan fingerprint density at radius 1 is 1.38 bits per heavy atom. The molecule has 0 saturated heterocycles. The maximum atomic E-state index is 5.66. The third-order valence-corrected chi connectivity index (χ3v) is 2.33. The van der Waals surface area contributed by atoms with Crippen LogP contribution in [0.5, 0.6) is 0 Å². The van der Waals surface area contributed by atoms with Crippen LogP contribution in [0.15, 0.2) is 10.5 Å². The van der Waals surface area contributed by atoms with E-state index < -0.39 is 0 Å². The second kappa shape index (κ2) is 5.51. The fourth-order valence-corrected chi connectivity index (χ4v) is 1.38. The Balaban J connectivity index is 2.55. The molecule has 1 aromatic heterocycles. The van der Waals surface area contributed by atoms with Gasteiger partial charge in [0.05, 0.1) is 13.2 Å². The molecule has 0 unspecified atom stereocenters. The number of hydrogen-bond acceptors (Lipinski definition) is 3. The Morgan fingerprint density at radius 3 is 2.62 bits per heavy atom. The Hall–Kier alpha value is -0.800. The van der Waals surface area contributed by atoms with E-state index >= 15 is 0 Å². The summed E-state index contributed by atoms with van der Waals surface area (Å²) in [6, 6.07) is 2.07. The second-order valence-corrected chi connectivity index (χ2v) is 5.03. The van der Waals surface area contributed by atoms with E-state index in [1.165, 1.54) is 0 Å². The van der Waals surface area contributed by atoms with Gasteiger partial charge in [-0.05, 0) is 40.7 Å². The second-order valence-electron chi connectivity index (χ2n) is 5.03. The summed E-state index contributed by atoms with van der Waals surface area (Å²) in [5.41, 5.74) is 1.26. The third kappa shape index (κ3) is 4.37. The van der Waals surface area contributed by atoms with Gasteiger partial charge < -0.3 is 14.5 Å². The summed E-state index contributed by atoms with van der Waals surface area (Å²) >= 11 is 0. The summed E-state index contributed by atoms with van der Waals surface area (Å²) in [7, 11) is 0. The quantitative estimate of drug-likeness (QED) is 0.836. The van der Waals surface area contributed by atoms with Crippen molar-refractivity contribution in [3.63, 3.8) is 0 Å². The van der Waals surface area contributed by atoms with Crippen LogP contribution in [0.3, 0.4) is 0 Å². The molecule has 16 heavy (non-hydrogen) atoms. The largest absolute Gasteiger partial charge is 0.465 e. The molecule has 3 heteroatoms. The van der Waals surface area contributed by atoms with Crippen LogP contribution in [0.4, 0.5) is 0 Å². The highest BCUT2D eigenvalue weighted by Gasteiger charge is 2.12. The van der Waals surface area contributed by atoms with Crippen molar-refractivity contribution in [3.8, 4) is 0 Å². The van der Waals surface area contributed by atoms with Gasteiger partial charge in [-0.25, -0.2) is 0 Å². The van der Waals surface area contributed by atoms with Gasteiger partial charge in [-0.15, -0.1) is 0 Å². The van der Waals surface area contributed by atoms with Gasteiger partial charge in [0.25, 0.3) is 0 Å². The Morgan fingerprint density at radius 2 is 2.06 bits per heavy atom. The minimum absolute atomic E-state index is 0.112. The molecule has 0 spiro atoms. The molecule has 0 atom stereocenters. The minimum atomic E-state index is 0.112. The standard InChI is InChI=1S/C13H23NO2/c1-6-15-9-11-7-12(16-10(11)2)8-14-13(3,4)5/h7,14H,6,8-9H2,1-5H3. The summed E-state index contributed by atoms with van der Waals surface area (Å²) in [6.45, 7) is 12.5. The third-order valence-electron chi connectivity index (χ3n) is 2.33.